The predicted molar refractivity (Wildman–Crippen MR) is 102 cm³/mol. The predicted octanol–water partition coefficient (Wildman–Crippen LogP) is 3.42. The minimum absolute atomic E-state index is 0.00877. The lowest BCUT2D eigenvalue weighted by Gasteiger charge is -2.06. The maximum Gasteiger partial charge on any atom is 0.220 e. The first kappa shape index (κ1) is 17.9. The zero-order valence-corrected chi connectivity index (χ0v) is 15.2. The number of Topliss-reactive ketones (excluding diaryl/α,β-unsaturated/α-hetero) is 1. The molecule has 0 fully saturated rings. The van der Waals surface area contributed by atoms with Crippen molar-refractivity contribution in [3.05, 3.63) is 65.5 Å². The number of nitrogens with one attached hydrogen (secondary N) is 1. The molecule has 3 aromatic rings. The molecule has 0 aliphatic rings. The van der Waals surface area contributed by atoms with Crippen molar-refractivity contribution in [1.29, 1.82) is 0 Å². The Bertz CT molecular complexity index is 926. The lowest BCUT2D eigenvalue weighted by atomic mass is 10.0. The highest BCUT2D eigenvalue weighted by Gasteiger charge is 2.11. The average molecular weight is 349 g/mol. The lowest BCUT2D eigenvalue weighted by Crippen LogP contribution is -2.24. The summed E-state index contributed by atoms with van der Waals surface area (Å²) in [6, 6.07) is 15.4. The average Bonchev–Trinajstić information content (AvgIpc) is 3.00. The fourth-order valence-electron chi connectivity index (χ4n) is 2.92. The van der Waals surface area contributed by atoms with Gasteiger partial charge in [-0.3, -0.25) is 9.59 Å². The molecule has 5 nitrogen and oxygen atoms in total. The second kappa shape index (κ2) is 7.95. The number of hydrogen-bond acceptors (Lipinski definition) is 3. The van der Waals surface area contributed by atoms with Crippen LogP contribution in [-0.4, -0.2) is 21.2 Å². The van der Waals surface area contributed by atoms with Crippen molar-refractivity contribution in [3.63, 3.8) is 0 Å². The number of ketones is 1. The van der Waals surface area contributed by atoms with Crippen LogP contribution in [0.4, 0.5) is 0 Å². The van der Waals surface area contributed by atoms with Gasteiger partial charge in [0.1, 0.15) is 5.82 Å². The van der Waals surface area contributed by atoms with E-state index in [1.165, 1.54) is 5.56 Å². The van der Waals surface area contributed by atoms with Crippen molar-refractivity contribution < 1.29 is 9.59 Å². The highest BCUT2D eigenvalue weighted by Crippen LogP contribution is 2.14. The van der Waals surface area contributed by atoms with Gasteiger partial charge in [0.25, 0.3) is 0 Å². The van der Waals surface area contributed by atoms with Gasteiger partial charge in [-0.25, -0.2) is 4.98 Å². The highest BCUT2D eigenvalue weighted by molar-refractivity contribution is 5.97. The Labute approximate surface area is 153 Å². The Morgan fingerprint density at radius 3 is 2.46 bits per heavy atom. The fourth-order valence-corrected chi connectivity index (χ4v) is 2.92. The molecular formula is C21H23N3O2. The Kier molecular flexibility index (Phi) is 5.46. The van der Waals surface area contributed by atoms with Gasteiger partial charge in [-0.2, -0.15) is 0 Å². The van der Waals surface area contributed by atoms with E-state index in [1.54, 1.807) is 0 Å². The van der Waals surface area contributed by atoms with E-state index >= 15 is 0 Å². The summed E-state index contributed by atoms with van der Waals surface area (Å²) in [6.45, 7) is 2.43. The summed E-state index contributed by atoms with van der Waals surface area (Å²) in [5, 5.41) is 2.85. The van der Waals surface area contributed by atoms with Gasteiger partial charge in [-0.05, 0) is 24.1 Å². The lowest BCUT2D eigenvalue weighted by molar-refractivity contribution is -0.121. The van der Waals surface area contributed by atoms with Crippen molar-refractivity contribution in [3.8, 4) is 0 Å². The number of rotatable bonds is 7. The number of carbonyl (C=O) groups excluding carboxylic acids is 2. The van der Waals surface area contributed by atoms with Crippen molar-refractivity contribution in [1.82, 2.24) is 14.9 Å². The first-order chi connectivity index (χ1) is 12.6. The van der Waals surface area contributed by atoms with Crippen LogP contribution in [0.2, 0.25) is 0 Å². The topological polar surface area (TPSA) is 64.0 Å². The van der Waals surface area contributed by atoms with Crippen LogP contribution in [0.1, 0.15) is 41.5 Å². The number of nitrogens with zero attached hydrogens (tertiary/aromatic N) is 2. The molecule has 0 atom stereocenters. The number of carbonyl (C=O) groups is 2. The number of benzene rings is 2. The SMILES string of the molecule is CCc1ccc(C(=O)CCC(=O)NCc2nc3ccccc3n2C)cc1. The molecule has 2 aromatic carbocycles. The van der Waals surface area contributed by atoms with E-state index in [9.17, 15) is 9.59 Å². The summed E-state index contributed by atoms with van der Waals surface area (Å²) >= 11 is 0. The fraction of sp³-hybridized carbons (Fsp3) is 0.286. The maximum atomic E-state index is 12.2. The van der Waals surface area contributed by atoms with E-state index in [-0.39, 0.29) is 24.5 Å². The third kappa shape index (κ3) is 3.99. The standard InChI is InChI=1S/C21H23N3O2/c1-3-15-8-10-16(11-9-15)19(25)12-13-21(26)22-14-20-23-17-6-4-5-7-18(17)24(20)2/h4-11H,3,12-14H2,1-2H3,(H,22,26). The highest BCUT2D eigenvalue weighted by atomic mass is 16.2. The zero-order valence-electron chi connectivity index (χ0n) is 15.2. The van der Waals surface area contributed by atoms with Crippen molar-refractivity contribution in [2.45, 2.75) is 32.7 Å². The third-order valence-electron chi connectivity index (χ3n) is 4.59. The number of hydrogen-bond donors (Lipinski definition) is 1. The van der Waals surface area contributed by atoms with Crippen LogP contribution in [0.15, 0.2) is 48.5 Å². The van der Waals surface area contributed by atoms with Gasteiger partial charge in [0.05, 0.1) is 17.6 Å². The third-order valence-corrected chi connectivity index (χ3v) is 4.59. The summed E-state index contributed by atoms with van der Waals surface area (Å²) in [7, 11) is 1.93. The first-order valence-corrected chi connectivity index (χ1v) is 8.87. The van der Waals surface area contributed by atoms with Gasteiger partial charge in [-0.1, -0.05) is 43.3 Å². The van der Waals surface area contributed by atoms with Gasteiger partial charge >= 0.3 is 0 Å². The monoisotopic (exact) mass is 349 g/mol. The molecule has 0 saturated carbocycles. The second-order valence-corrected chi connectivity index (χ2v) is 6.33. The second-order valence-electron chi connectivity index (χ2n) is 6.33. The Balaban J connectivity index is 1.52. The van der Waals surface area contributed by atoms with Crippen molar-refractivity contribution >= 4 is 22.7 Å². The molecule has 5 heteroatoms. The van der Waals surface area contributed by atoms with E-state index in [0.29, 0.717) is 12.1 Å². The number of para-hydroxylation sites is 2. The summed E-state index contributed by atoms with van der Waals surface area (Å²) in [4.78, 5) is 28.8. The minimum atomic E-state index is -0.143. The van der Waals surface area contributed by atoms with Crippen LogP contribution in [0, 0.1) is 0 Å². The molecule has 1 amide bonds. The molecule has 1 aromatic heterocycles. The number of aromatic nitrogens is 2. The summed E-state index contributed by atoms with van der Waals surface area (Å²) < 4.78 is 1.97. The molecule has 0 aliphatic carbocycles. The smallest absolute Gasteiger partial charge is 0.220 e. The van der Waals surface area contributed by atoms with Gasteiger partial charge in [-0.15, -0.1) is 0 Å². The molecule has 0 saturated heterocycles. The molecule has 26 heavy (non-hydrogen) atoms. The molecule has 1 N–H and O–H groups in total. The molecule has 0 unspecified atom stereocenters. The van der Waals surface area contributed by atoms with Gasteiger partial charge in [0, 0.05) is 25.5 Å². The van der Waals surface area contributed by atoms with Gasteiger partial charge in [0.2, 0.25) is 5.91 Å². The van der Waals surface area contributed by atoms with Crippen LogP contribution < -0.4 is 5.32 Å². The normalized spacial score (nSPS) is 10.8. The van der Waals surface area contributed by atoms with Crippen molar-refractivity contribution in [2.24, 2.45) is 7.05 Å². The Morgan fingerprint density at radius 1 is 1.04 bits per heavy atom. The number of imidazole rings is 1. The molecule has 0 aliphatic heterocycles. The van der Waals surface area contributed by atoms with Crippen LogP contribution in [0.25, 0.3) is 11.0 Å². The largest absolute Gasteiger partial charge is 0.349 e. The van der Waals surface area contributed by atoms with Crippen LogP contribution >= 0.6 is 0 Å². The van der Waals surface area contributed by atoms with Crippen molar-refractivity contribution in [2.75, 3.05) is 0 Å². The molecule has 0 radical (unpaired) electrons. The van der Waals surface area contributed by atoms with Crippen LogP contribution in [0.3, 0.4) is 0 Å². The van der Waals surface area contributed by atoms with E-state index < -0.39 is 0 Å². The molecular weight excluding hydrogens is 326 g/mol. The zero-order chi connectivity index (χ0) is 18.5. The summed E-state index contributed by atoms with van der Waals surface area (Å²) in [5.41, 5.74) is 3.79. The first-order valence-electron chi connectivity index (χ1n) is 8.87. The quantitative estimate of drug-likeness (QED) is 0.665. The number of amides is 1. The Morgan fingerprint density at radius 2 is 1.77 bits per heavy atom. The molecule has 0 bridgehead atoms. The number of fused-ring (bicyclic) bond motifs is 1. The Hall–Kier alpha value is -2.95. The minimum Gasteiger partial charge on any atom is -0.349 e. The molecule has 3 rings (SSSR count). The van der Waals surface area contributed by atoms with Crippen LogP contribution in [-0.2, 0) is 24.8 Å². The van der Waals surface area contributed by atoms with Gasteiger partial charge < -0.3 is 9.88 Å². The molecule has 1 heterocycles. The van der Waals surface area contributed by atoms with E-state index in [2.05, 4.69) is 17.2 Å². The number of aryl methyl sites for hydroxylation is 2. The van der Waals surface area contributed by atoms with E-state index in [1.807, 2.05) is 60.1 Å². The van der Waals surface area contributed by atoms with Crippen LogP contribution in [0.5, 0.6) is 0 Å². The molecule has 0 spiro atoms. The van der Waals surface area contributed by atoms with E-state index in [0.717, 1.165) is 23.3 Å². The van der Waals surface area contributed by atoms with E-state index in [4.69, 9.17) is 0 Å². The van der Waals surface area contributed by atoms with Gasteiger partial charge in [0.15, 0.2) is 5.78 Å². The molecule has 134 valence electrons. The summed E-state index contributed by atoms with van der Waals surface area (Å²) in [6.07, 6.45) is 1.33. The maximum absolute atomic E-state index is 12.2. The summed E-state index contributed by atoms with van der Waals surface area (Å²) in [5.74, 6) is 0.641.